The second-order valence-corrected chi connectivity index (χ2v) is 7.10. The van der Waals surface area contributed by atoms with Crippen LogP contribution in [0.4, 0.5) is 0 Å². The molecule has 0 atom stereocenters. The highest BCUT2D eigenvalue weighted by Gasteiger charge is 2.44. The summed E-state index contributed by atoms with van der Waals surface area (Å²) in [7, 11) is 0. The molecule has 0 aromatic carbocycles. The molecule has 1 aliphatic heterocycles. The van der Waals surface area contributed by atoms with Gasteiger partial charge in [0.05, 0.1) is 17.6 Å². The quantitative estimate of drug-likeness (QED) is 0.857. The molecule has 0 amide bonds. The van der Waals surface area contributed by atoms with Crippen molar-refractivity contribution in [1.29, 1.82) is 0 Å². The highest BCUT2D eigenvalue weighted by atomic mass is 15.1. The third kappa shape index (κ3) is 2.12. The van der Waals surface area contributed by atoms with Crippen molar-refractivity contribution in [1.82, 2.24) is 15.3 Å². The van der Waals surface area contributed by atoms with E-state index in [0.717, 1.165) is 18.9 Å². The van der Waals surface area contributed by atoms with Crippen LogP contribution in [0.15, 0.2) is 6.33 Å². The molecule has 106 valence electrons. The number of imidazole rings is 1. The first kappa shape index (κ1) is 13.2. The van der Waals surface area contributed by atoms with Crippen molar-refractivity contribution in [3.05, 3.63) is 17.7 Å². The maximum atomic E-state index is 4.62. The molecule has 0 radical (unpaired) electrons. The van der Waals surface area contributed by atoms with Gasteiger partial charge < -0.3 is 10.3 Å². The lowest BCUT2D eigenvalue weighted by Crippen LogP contribution is -2.50. The summed E-state index contributed by atoms with van der Waals surface area (Å²) in [4.78, 5) is 7.95. The summed E-state index contributed by atoms with van der Waals surface area (Å²) in [6.45, 7) is 8.29. The summed E-state index contributed by atoms with van der Waals surface area (Å²) < 4.78 is 0. The van der Waals surface area contributed by atoms with Crippen molar-refractivity contribution in [2.75, 3.05) is 6.54 Å². The molecule has 3 rings (SSSR count). The van der Waals surface area contributed by atoms with Crippen LogP contribution in [0.5, 0.6) is 0 Å². The molecule has 1 aromatic heterocycles. The highest BCUT2D eigenvalue weighted by molar-refractivity contribution is 5.26. The topological polar surface area (TPSA) is 40.7 Å². The maximum absolute atomic E-state index is 4.62. The van der Waals surface area contributed by atoms with E-state index in [1.165, 1.54) is 43.5 Å². The molecule has 2 heterocycles. The van der Waals surface area contributed by atoms with Crippen LogP contribution in [0, 0.1) is 11.3 Å². The Morgan fingerprint density at radius 1 is 1.37 bits per heavy atom. The lowest BCUT2D eigenvalue weighted by Gasteiger charge is -2.46. The van der Waals surface area contributed by atoms with Crippen LogP contribution in [-0.2, 0) is 12.0 Å². The SMILES string of the molecule is CCC(C)(C)C1CCC2(CC1)NCCc1[nH]cnc12. The number of nitrogens with zero attached hydrogens (tertiary/aromatic N) is 1. The Bertz CT molecular complexity index is 439. The van der Waals surface area contributed by atoms with Crippen molar-refractivity contribution >= 4 is 0 Å². The summed E-state index contributed by atoms with van der Waals surface area (Å²) in [6, 6.07) is 0. The van der Waals surface area contributed by atoms with Crippen molar-refractivity contribution in [2.45, 2.75) is 64.8 Å². The fourth-order valence-electron chi connectivity index (χ4n) is 4.03. The van der Waals surface area contributed by atoms with Crippen LogP contribution >= 0.6 is 0 Å². The van der Waals surface area contributed by atoms with E-state index in [1.54, 1.807) is 0 Å². The Morgan fingerprint density at radius 2 is 2.11 bits per heavy atom. The molecule has 3 nitrogen and oxygen atoms in total. The largest absolute Gasteiger partial charge is 0.348 e. The average Bonchev–Trinajstić information content (AvgIpc) is 2.89. The summed E-state index contributed by atoms with van der Waals surface area (Å²) in [5, 5.41) is 3.78. The third-order valence-corrected chi connectivity index (χ3v) is 5.87. The van der Waals surface area contributed by atoms with E-state index in [1.807, 2.05) is 6.33 Å². The van der Waals surface area contributed by atoms with E-state index in [2.05, 4.69) is 36.1 Å². The van der Waals surface area contributed by atoms with Gasteiger partial charge in [-0.15, -0.1) is 0 Å². The van der Waals surface area contributed by atoms with Crippen LogP contribution in [0.3, 0.4) is 0 Å². The van der Waals surface area contributed by atoms with E-state index >= 15 is 0 Å². The average molecular weight is 261 g/mol. The Kier molecular flexibility index (Phi) is 3.20. The van der Waals surface area contributed by atoms with Gasteiger partial charge in [-0.3, -0.25) is 0 Å². The highest BCUT2D eigenvalue weighted by Crippen LogP contribution is 2.47. The summed E-state index contributed by atoms with van der Waals surface area (Å²) in [5.41, 5.74) is 3.34. The van der Waals surface area contributed by atoms with Crippen LogP contribution in [-0.4, -0.2) is 16.5 Å². The maximum Gasteiger partial charge on any atom is 0.0926 e. The molecule has 1 spiro atoms. The molecular formula is C16H27N3. The van der Waals surface area contributed by atoms with Gasteiger partial charge in [0.15, 0.2) is 0 Å². The Hall–Kier alpha value is -0.830. The van der Waals surface area contributed by atoms with Gasteiger partial charge in [0.25, 0.3) is 0 Å². The first-order chi connectivity index (χ1) is 9.07. The summed E-state index contributed by atoms with van der Waals surface area (Å²) in [6.07, 6.45) is 9.42. The zero-order chi connectivity index (χ0) is 13.5. The smallest absolute Gasteiger partial charge is 0.0926 e. The minimum Gasteiger partial charge on any atom is -0.348 e. The molecule has 0 saturated heterocycles. The molecule has 2 N–H and O–H groups in total. The lowest BCUT2D eigenvalue weighted by atomic mass is 9.64. The molecule has 0 unspecified atom stereocenters. The second-order valence-electron chi connectivity index (χ2n) is 7.10. The normalized spacial score (nSPS) is 31.4. The van der Waals surface area contributed by atoms with E-state index < -0.39 is 0 Å². The van der Waals surface area contributed by atoms with Crippen LogP contribution < -0.4 is 5.32 Å². The standard InChI is InChI=1S/C16H27N3/c1-4-15(2,3)12-5-8-16(9-6-12)14-13(7-10-19-16)17-11-18-14/h11-12,19H,4-10H2,1-3H3,(H,17,18). The predicted molar refractivity (Wildman–Crippen MR) is 78.0 cm³/mol. The van der Waals surface area contributed by atoms with Crippen molar-refractivity contribution in [2.24, 2.45) is 11.3 Å². The molecule has 2 aliphatic rings. The molecule has 1 fully saturated rings. The van der Waals surface area contributed by atoms with Gasteiger partial charge in [-0.05, 0) is 37.0 Å². The minimum atomic E-state index is 0.175. The van der Waals surface area contributed by atoms with Crippen LogP contribution in [0.25, 0.3) is 0 Å². The molecule has 3 heteroatoms. The molecular weight excluding hydrogens is 234 g/mol. The van der Waals surface area contributed by atoms with Gasteiger partial charge in [0.1, 0.15) is 0 Å². The number of H-pyrrole nitrogens is 1. The molecule has 1 aromatic rings. The zero-order valence-electron chi connectivity index (χ0n) is 12.6. The monoisotopic (exact) mass is 261 g/mol. The fraction of sp³-hybridized carbons (Fsp3) is 0.812. The van der Waals surface area contributed by atoms with Gasteiger partial charge >= 0.3 is 0 Å². The van der Waals surface area contributed by atoms with E-state index in [-0.39, 0.29) is 5.54 Å². The Morgan fingerprint density at radius 3 is 2.79 bits per heavy atom. The number of fused-ring (bicyclic) bond motifs is 2. The molecule has 1 saturated carbocycles. The van der Waals surface area contributed by atoms with Gasteiger partial charge in [-0.2, -0.15) is 0 Å². The number of aromatic amines is 1. The van der Waals surface area contributed by atoms with E-state index in [0.29, 0.717) is 5.41 Å². The third-order valence-electron chi connectivity index (χ3n) is 5.87. The van der Waals surface area contributed by atoms with Gasteiger partial charge in [0, 0.05) is 18.7 Å². The van der Waals surface area contributed by atoms with Crippen molar-refractivity contribution in [3.63, 3.8) is 0 Å². The number of hydrogen-bond donors (Lipinski definition) is 2. The predicted octanol–water partition coefficient (Wildman–Crippen LogP) is 3.38. The lowest BCUT2D eigenvalue weighted by molar-refractivity contribution is 0.0925. The van der Waals surface area contributed by atoms with E-state index in [9.17, 15) is 0 Å². The number of hydrogen-bond acceptors (Lipinski definition) is 2. The molecule has 19 heavy (non-hydrogen) atoms. The van der Waals surface area contributed by atoms with E-state index in [4.69, 9.17) is 0 Å². The van der Waals surface area contributed by atoms with Crippen LogP contribution in [0.1, 0.15) is 64.3 Å². The molecule has 1 aliphatic carbocycles. The molecule has 0 bridgehead atoms. The minimum absolute atomic E-state index is 0.175. The zero-order valence-corrected chi connectivity index (χ0v) is 12.6. The Labute approximate surface area is 116 Å². The number of nitrogens with one attached hydrogen (secondary N) is 2. The van der Waals surface area contributed by atoms with Gasteiger partial charge in [0.2, 0.25) is 0 Å². The number of rotatable bonds is 2. The summed E-state index contributed by atoms with van der Waals surface area (Å²) in [5.74, 6) is 0.870. The fourth-order valence-corrected chi connectivity index (χ4v) is 4.03. The first-order valence-corrected chi connectivity index (χ1v) is 7.85. The summed E-state index contributed by atoms with van der Waals surface area (Å²) >= 11 is 0. The van der Waals surface area contributed by atoms with Crippen molar-refractivity contribution in [3.8, 4) is 0 Å². The number of aromatic nitrogens is 2. The second kappa shape index (κ2) is 4.62. The van der Waals surface area contributed by atoms with Gasteiger partial charge in [-0.1, -0.05) is 27.2 Å². The first-order valence-electron chi connectivity index (χ1n) is 7.85. The van der Waals surface area contributed by atoms with Crippen molar-refractivity contribution < 1.29 is 0 Å². The Balaban J connectivity index is 1.78. The van der Waals surface area contributed by atoms with Crippen LogP contribution in [0.2, 0.25) is 0 Å². The van der Waals surface area contributed by atoms with Gasteiger partial charge in [-0.25, -0.2) is 4.98 Å².